The number of allylic oxidation sites excluding steroid dienone is 1. The molecular weight excluding hydrogens is 210 g/mol. The maximum atomic E-state index is 11.3. The highest BCUT2D eigenvalue weighted by Gasteiger charge is 2.45. The zero-order valence-electron chi connectivity index (χ0n) is 11.8. The summed E-state index contributed by atoms with van der Waals surface area (Å²) in [5, 5.41) is 0. The Hall–Kier alpha value is -0.630. The Morgan fingerprint density at radius 3 is 2.53 bits per heavy atom. The standard InChI is InChI=1S/C15H27NO/c1-6-13(17)8-7-12-10-14(3,4)15(5,16)9-11(12)2/h6,11-12H,1,7-10,16H2,2-5H3. The Labute approximate surface area is 106 Å². The van der Waals surface area contributed by atoms with Gasteiger partial charge in [-0.25, -0.2) is 0 Å². The first-order valence-electron chi connectivity index (χ1n) is 6.64. The number of hydrogen-bond donors (Lipinski definition) is 1. The molecule has 3 unspecified atom stereocenters. The van der Waals surface area contributed by atoms with Gasteiger partial charge >= 0.3 is 0 Å². The molecule has 1 saturated carbocycles. The fourth-order valence-corrected chi connectivity index (χ4v) is 3.02. The van der Waals surface area contributed by atoms with E-state index >= 15 is 0 Å². The topological polar surface area (TPSA) is 43.1 Å². The normalized spacial score (nSPS) is 36.5. The molecule has 1 fully saturated rings. The van der Waals surface area contributed by atoms with Gasteiger partial charge in [-0.1, -0.05) is 27.4 Å². The van der Waals surface area contributed by atoms with Crippen LogP contribution in [0.1, 0.15) is 53.4 Å². The monoisotopic (exact) mass is 237 g/mol. The molecule has 1 aliphatic rings. The molecule has 0 aliphatic heterocycles. The maximum absolute atomic E-state index is 11.3. The third-order valence-electron chi connectivity index (χ3n) is 4.86. The molecule has 0 amide bonds. The van der Waals surface area contributed by atoms with Crippen molar-refractivity contribution in [1.29, 1.82) is 0 Å². The molecule has 0 aromatic carbocycles. The van der Waals surface area contributed by atoms with Gasteiger partial charge in [0.25, 0.3) is 0 Å². The predicted octanol–water partition coefficient (Wildman–Crippen LogP) is 3.31. The summed E-state index contributed by atoms with van der Waals surface area (Å²) in [4.78, 5) is 11.3. The van der Waals surface area contributed by atoms with Crippen molar-refractivity contribution in [3.8, 4) is 0 Å². The number of ketones is 1. The SMILES string of the molecule is C=CC(=O)CCC1CC(C)(C)C(C)(N)CC1C. The van der Waals surface area contributed by atoms with Crippen LogP contribution in [0.15, 0.2) is 12.7 Å². The van der Waals surface area contributed by atoms with Crippen molar-refractivity contribution in [3.63, 3.8) is 0 Å². The zero-order valence-corrected chi connectivity index (χ0v) is 11.8. The number of carbonyl (C=O) groups excluding carboxylic acids is 1. The number of nitrogens with two attached hydrogens (primary N) is 1. The summed E-state index contributed by atoms with van der Waals surface area (Å²) in [5.74, 6) is 1.39. The zero-order chi connectivity index (χ0) is 13.3. The third kappa shape index (κ3) is 3.19. The minimum Gasteiger partial charge on any atom is -0.325 e. The quantitative estimate of drug-likeness (QED) is 0.762. The summed E-state index contributed by atoms with van der Waals surface area (Å²) in [6.45, 7) is 12.5. The summed E-state index contributed by atoms with van der Waals surface area (Å²) in [5.41, 5.74) is 6.47. The minimum atomic E-state index is -0.0919. The minimum absolute atomic E-state index is 0.0919. The van der Waals surface area contributed by atoms with Crippen LogP contribution in [-0.2, 0) is 4.79 Å². The largest absolute Gasteiger partial charge is 0.325 e. The second-order valence-corrected chi connectivity index (χ2v) is 6.66. The van der Waals surface area contributed by atoms with Crippen LogP contribution >= 0.6 is 0 Å². The summed E-state index contributed by atoms with van der Waals surface area (Å²) in [7, 11) is 0. The second kappa shape index (κ2) is 4.93. The predicted molar refractivity (Wildman–Crippen MR) is 72.7 cm³/mol. The molecule has 3 atom stereocenters. The molecule has 0 spiro atoms. The van der Waals surface area contributed by atoms with E-state index in [2.05, 4.69) is 34.3 Å². The number of hydrogen-bond acceptors (Lipinski definition) is 2. The smallest absolute Gasteiger partial charge is 0.155 e. The maximum Gasteiger partial charge on any atom is 0.155 e. The lowest BCUT2D eigenvalue weighted by atomic mass is 9.57. The molecular formula is C15H27NO. The number of rotatable bonds is 4. The molecule has 0 heterocycles. The number of carbonyl (C=O) groups is 1. The molecule has 0 radical (unpaired) electrons. The van der Waals surface area contributed by atoms with Crippen molar-refractivity contribution < 1.29 is 4.79 Å². The first-order chi connectivity index (χ1) is 7.69. The van der Waals surface area contributed by atoms with Gasteiger partial charge in [-0.2, -0.15) is 0 Å². The second-order valence-electron chi connectivity index (χ2n) is 6.66. The van der Waals surface area contributed by atoms with Crippen LogP contribution in [0.3, 0.4) is 0 Å². The molecule has 1 aliphatic carbocycles. The van der Waals surface area contributed by atoms with Crippen molar-refractivity contribution in [3.05, 3.63) is 12.7 Å². The Bertz CT molecular complexity index is 304. The molecule has 2 nitrogen and oxygen atoms in total. The molecule has 17 heavy (non-hydrogen) atoms. The van der Waals surface area contributed by atoms with Crippen LogP contribution in [0.5, 0.6) is 0 Å². The van der Waals surface area contributed by atoms with E-state index in [-0.39, 0.29) is 16.7 Å². The van der Waals surface area contributed by atoms with E-state index in [1.54, 1.807) is 0 Å². The lowest BCUT2D eigenvalue weighted by molar-refractivity contribution is -0.115. The lowest BCUT2D eigenvalue weighted by Crippen LogP contribution is -2.56. The van der Waals surface area contributed by atoms with Gasteiger partial charge in [-0.05, 0) is 49.5 Å². The highest BCUT2D eigenvalue weighted by molar-refractivity contribution is 5.88. The first kappa shape index (κ1) is 14.4. The first-order valence-corrected chi connectivity index (χ1v) is 6.64. The molecule has 98 valence electrons. The van der Waals surface area contributed by atoms with Crippen LogP contribution < -0.4 is 5.73 Å². The van der Waals surface area contributed by atoms with Crippen LogP contribution in [-0.4, -0.2) is 11.3 Å². The summed E-state index contributed by atoms with van der Waals surface area (Å²) >= 11 is 0. The van der Waals surface area contributed by atoms with E-state index < -0.39 is 0 Å². The molecule has 1 rings (SSSR count). The van der Waals surface area contributed by atoms with Crippen LogP contribution in [0.2, 0.25) is 0 Å². The van der Waals surface area contributed by atoms with E-state index in [4.69, 9.17) is 5.73 Å². The molecule has 2 N–H and O–H groups in total. The van der Waals surface area contributed by atoms with Crippen molar-refractivity contribution in [2.24, 2.45) is 23.0 Å². The third-order valence-corrected chi connectivity index (χ3v) is 4.86. The Kier molecular flexibility index (Phi) is 4.19. The molecule has 0 saturated heterocycles. The van der Waals surface area contributed by atoms with Gasteiger partial charge in [-0.3, -0.25) is 4.79 Å². The van der Waals surface area contributed by atoms with Crippen molar-refractivity contribution in [1.82, 2.24) is 0 Å². The van der Waals surface area contributed by atoms with E-state index in [9.17, 15) is 4.79 Å². The van der Waals surface area contributed by atoms with Crippen molar-refractivity contribution in [2.75, 3.05) is 0 Å². The van der Waals surface area contributed by atoms with E-state index in [1.807, 2.05) is 0 Å². The van der Waals surface area contributed by atoms with Gasteiger partial charge in [-0.15, -0.1) is 0 Å². The molecule has 0 bridgehead atoms. The average molecular weight is 237 g/mol. The Morgan fingerprint density at radius 2 is 2.00 bits per heavy atom. The fourth-order valence-electron chi connectivity index (χ4n) is 3.02. The van der Waals surface area contributed by atoms with E-state index in [0.29, 0.717) is 18.3 Å². The van der Waals surface area contributed by atoms with Crippen LogP contribution in [0.4, 0.5) is 0 Å². The molecule has 2 heteroatoms. The van der Waals surface area contributed by atoms with Gasteiger partial charge in [0, 0.05) is 12.0 Å². The average Bonchev–Trinajstić information content (AvgIpc) is 2.20. The van der Waals surface area contributed by atoms with Gasteiger partial charge in [0.2, 0.25) is 0 Å². The van der Waals surface area contributed by atoms with E-state index in [1.165, 1.54) is 6.08 Å². The van der Waals surface area contributed by atoms with Gasteiger partial charge in [0.1, 0.15) is 0 Å². The lowest BCUT2D eigenvalue weighted by Gasteiger charge is -2.51. The van der Waals surface area contributed by atoms with Gasteiger partial charge in [0.15, 0.2) is 5.78 Å². The fraction of sp³-hybridized carbons (Fsp3) is 0.800. The summed E-state index contributed by atoms with van der Waals surface area (Å²) in [6, 6.07) is 0. The highest BCUT2D eigenvalue weighted by Crippen LogP contribution is 2.48. The van der Waals surface area contributed by atoms with Crippen molar-refractivity contribution in [2.45, 2.75) is 58.9 Å². The van der Waals surface area contributed by atoms with Crippen LogP contribution in [0, 0.1) is 17.3 Å². The summed E-state index contributed by atoms with van der Waals surface area (Å²) in [6.07, 6.45) is 5.21. The Balaban J connectivity index is 2.64. The molecule has 0 aromatic heterocycles. The summed E-state index contributed by atoms with van der Waals surface area (Å²) < 4.78 is 0. The Morgan fingerprint density at radius 1 is 1.41 bits per heavy atom. The van der Waals surface area contributed by atoms with Crippen molar-refractivity contribution >= 4 is 5.78 Å². The van der Waals surface area contributed by atoms with E-state index in [0.717, 1.165) is 19.3 Å². The van der Waals surface area contributed by atoms with Gasteiger partial charge in [0.05, 0.1) is 0 Å². The van der Waals surface area contributed by atoms with Crippen LogP contribution in [0.25, 0.3) is 0 Å². The van der Waals surface area contributed by atoms with Gasteiger partial charge < -0.3 is 5.73 Å². The molecule has 0 aromatic rings. The highest BCUT2D eigenvalue weighted by atomic mass is 16.1.